The summed E-state index contributed by atoms with van der Waals surface area (Å²) in [5.41, 5.74) is 2.60. The van der Waals surface area contributed by atoms with Crippen molar-refractivity contribution in [3.8, 4) is 11.5 Å². The van der Waals surface area contributed by atoms with E-state index < -0.39 is 17.9 Å². The Bertz CT molecular complexity index is 1720. The summed E-state index contributed by atoms with van der Waals surface area (Å²) in [5, 5.41) is 7.55. The van der Waals surface area contributed by atoms with Crippen LogP contribution in [-0.4, -0.2) is 42.8 Å². The zero-order chi connectivity index (χ0) is 26.9. The summed E-state index contributed by atoms with van der Waals surface area (Å²) in [7, 11) is 1.26. The van der Waals surface area contributed by atoms with Crippen LogP contribution < -0.4 is 20.1 Å². The van der Waals surface area contributed by atoms with Crippen molar-refractivity contribution in [2.45, 2.75) is 0 Å². The second-order valence-electron chi connectivity index (χ2n) is 8.90. The van der Waals surface area contributed by atoms with Crippen molar-refractivity contribution in [3.63, 3.8) is 0 Å². The van der Waals surface area contributed by atoms with Gasteiger partial charge in [-0.25, -0.2) is 9.59 Å². The molecule has 0 atom stereocenters. The van der Waals surface area contributed by atoms with Crippen LogP contribution in [0.3, 0.4) is 0 Å². The predicted molar refractivity (Wildman–Crippen MR) is 147 cm³/mol. The highest BCUT2D eigenvalue weighted by atomic mass is 16.6. The van der Waals surface area contributed by atoms with Gasteiger partial charge in [0.05, 0.1) is 23.7 Å². The van der Waals surface area contributed by atoms with Crippen molar-refractivity contribution < 1.29 is 28.6 Å². The van der Waals surface area contributed by atoms with Crippen molar-refractivity contribution in [3.05, 3.63) is 96.1 Å². The molecule has 2 amide bonds. The molecule has 1 aliphatic heterocycles. The molecule has 0 bridgehead atoms. The lowest BCUT2D eigenvalue weighted by Gasteiger charge is -2.18. The number of nitrogens with zero attached hydrogens (tertiary/aromatic N) is 1. The second-order valence-corrected chi connectivity index (χ2v) is 8.90. The molecule has 2 N–H and O–H groups in total. The monoisotopic (exact) mass is 521 g/mol. The number of methoxy groups -OCH3 is 1. The van der Waals surface area contributed by atoms with Crippen LogP contribution >= 0.6 is 0 Å². The van der Waals surface area contributed by atoms with Gasteiger partial charge < -0.3 is 24.8 Å². The number of carbonyl (C=O) groups excluding carboxylic acids is 3. The Morgan fingerprint density at radius 2 is 1.33 bits per heavy atom. The third-order valence-corrected chi connectivity index (χ3v) is 6.45. The Morgan fingerprint density at radius 3 is 2.00 bits per heavy atom. The lowest BCUT2D eigenvalue weighted by molar-refractivity contribution is 0.0600. The van der Waals surface area contributed by atoms with Gasteiger partial charge in [-0.1, -0.05) is 36.4 Å². The van der Waals surface area contributed by atoms with Gasteiger partial charge in [0.2, 0.25) is 0 Å². The molecule has 9 heteroatoms. The average molecular weight is 522 g/mol. The van der Waals surface area contributed by atoms with Gasteiger partial charge in [-0.05, 0) is 48.5 Å². The van der Waals surface area contributed by atoms with Crippen LogP contribution in [-0.2, 0) is 4.74 Å². The predicted octanol–water partition coefficient (Wildman–Crippen LogP) is 5.68. The van der Waals surface area contributed by atoms with Gasteiger partial charge in [0.15, 0.2) is 11.5 Å². The quantitative estimate of drug-likeness (QED) is 0.295. The van der Waals surface area contributed by atoms with Gasteiger partial charge >= 0.3 is 12.0 Å². The van der Waals surface area contributed by atoms with Crippen molar-refractivity contribution in [1.29, 1.82) is 0 Å². The molecule has 1 aromatic heterocycles. The van der Waals surface area contributed by atoms with Crippen molar-refractivity contribution in [1.82, 2.24) is 4.57 Å². The van der Waals surface area contributed by atoms with E-state index in [1.807, 2.05) is 48.5 Å². The molecular weight excluding hydrogens is 498 g/mol. The Morgan fingerprint density at radius 1 is 0.718 bits per heavy atom. The number of benzene rings is 4. The number of nitrogens with one attached hydrogen (secondary N) is 2. The first-order chi connectivity index (χ1) is 19.0. The average Bonchev–Trinajstić information content (AvgIpc) is 3.31. The summed E-state index contributed by atoms with van der Waals surface area (Å²) in [6, 6.07) is 24.3. The number of anilines is 2. The molecule has 5 aromatic rings. The fraction of sp³-hybridized carbons (Fsp3) is 0.100. The summed E-state index contributed by atoms with van der Waals surface area (Å²) in [4.78, 5) is 39.0. The third-order valence-electron chi connectivity index (χ3n) is 6.45. The fourth-order valence-corrected chi connectivity index (χ4v) is 4.72. The molecule has 0 aliphatic carbocycles. The number of esters is 1. The van der Waals surface area contributed by atoms with E-state index in [9.17, 15) is 14.4 Å². The Kier molecular flexibility index (Phi) is 6.08. The number of hydrogen-bond donors (Lipinski definition) is 2. The minimum Gasteiger partial charge on any atom is -0.486 e. The third kappa shape index (κ3) is 4.50. The van der Waals surface area contributed by atoms with E-state index in [-0.39, 0.29) is 5.56 Å². The zero-order valence-electron chi connectivity index (χ0n) is 20.9. The largest absolute Gasteiger partial charge is 0.486 e. The number of ether oxygens (including phenoxy) is 3. The van der Waals surface area contributed by atoms with Crippen LogP contribution in [0.2, 0.25) is 0 Å². The summed E-state index contributed by atoms with van der Waals surface area (Å²) in [6.45, 7) is 0.843. The Labute approximate surface area is 222 Å². The summed E-state index contributed by atoms with van der Waals surface area (Å²) < 4.78 is 17.6. The van der Waals surface area contributed by atoms with E-state index in [0.29, 0.717) is 41.7 Å². The molecule has 0 saturated heterocycles. The second kappa shape index (κ2) is 9.86. The molecule has 0 spiro atoms. The van der Waals surface area contributed by atoms with Crippen LogP contribution in [0, 0.1) is 0 Å². The van der Waals surface area contributed by atoms with Crippen LogP contribution in [0.15, 0.2) is 84.9 Å². The molecule has 1 aliphatic rings. The van der Waals surface area contributed by atoms with Crippen molar-refractivity contribution in [2.24, 2.45) is 0 Å². The first kappa shape index (κ1) is 24.1. The van der Waals surface area contributed by atoms with E-state index >= 15 is 0 Å². The Hall–Kier alpha value is -5.31. The lowest BCUT2D eigenvalue weighted by atomic mass is 10.1. The van der Waals surface area contributed by atoms with Gasteiger partial charge in [0, 0.05) is 27.7 Å². The van der Waals surface area contributed by atoms with Crippen LogP contribution in [0.25, 0.3) is 21.8 Å². The minimum absolute atomic E-state index is 0.162. The van der Waals surface area contributed by atoms with E-state index in [1.54, 1.807) is 28.8 Å². The Balaban J connectivity index is 1.33. The number of para-hydroxylation sites is 2. The highest BCUT2D eigenvalue weighted by Gasteiger charge is 2.19. The molecule has 2 heterocycles. The molecule has 0 unspecified atom stereocenters. The highest BCUT2D eigenvalue weighted by molar-refractivity contribution is 6.15. The van der Waals surface area contributed by atoms with Crippen molar-refractivity contribution >= 4 is 51.1 Å². The van der Waals surface area contributed by atoms with E-state index in [1.165, 1.54) is 19.2 Å². The molecular formula is C30H23N3O6. The smallest absolute Gasteiger partial charge is 0.337 e. The van der Waals surface area contributed by atoms with Gasteiger partial charge in [0.1, 0.15) is 13.2 Å². The minimum atomic E-state index is -0.613. The number of rotatable bonds is 4. The summed E-state index contributed by atoms with van der Waals surface area (Å²) in [6.07, 6.45) is 0. The number of fused-ring (bicyclic) bond motifs is 4. The van der Waals surface area contributed by atoms with Crippen LogP contribution in [0.4, 0.5) is 16.2 Å². The van der Waals surface area contributed by atoms with Gasteiger partial charge in [-0.2, -0.15) is 0 Å². The SMILES string of the molecule is COC(=O)c1cc(NC(=O)c2ccc3c(c2)OCCO3)cc(NC(=O)n2c3ccccc3c3ccccc32)c1. The van der Waals surface area contributed by atoms with Crippen LogP contribution in [0.5, 0.6) is 11.5 Å². The maximum atomic E-state index is 13.6. The summed E-state index contributed by atoms with van der Waals surface area (Å²) >= 11 is 0. The maximum absolute atomic E-state index is 13.6. The summed E-state index contributed by atoms with van der Waals surface area (Å²) in [5.74, 6) is 0.0170. The molecule has 0 fully saturated rings. The van der Waals surface area contributed by atoms with Gasteiger partial charge in [-0.15, -0.1) is 0 Å². The fourth-order valence-electron chi connectivity index (χ4n) is 4.72. The molecule has 9 nitrogen and oxygen atoms in total. The van der Waals surface area contributed by atoms with E-state index in [2.05, 4.69) is 10.6 Å². The molecule has 39 heavy (non-hydrogen) atoms. The van der Waals surface area contributed by atoms with E-state index in [4.69, 9.17) is 14.2 Å². The first-order valence-corrected chi connectivity index (χ1v) is 12.3. The molecule has 6 rings (SSSR count). The zero-order valence-corrected chi connectivity index (χ0v) is 20.9. The molecule has 194 valence electrons. The van der Waals surface area contributed by atoms with Gasteiger partial charge in [0.25, 0.3) is 5.91 Å². The number of amides is 2. The highest BCUT2D eigenvalue weighted by Crippen LogP contribution is 2.32. The lowest BCUT2D eigenvalue weighted by Crippen LogP contribution is -2.20. The topological polar surface area (TPSA) is 108 Å². The standard InChI is InChI=1S/C30H23N3O6/c1-37-29(35)19-14-20(31-28(34)18-10-11-26-27(16-18)39-13-12-38-26)17-21(15-19)32-30(36)33-24-8-4-2-6-22(24)23-7-3-5-9-25(23)33/h2-11,14-17H,12-13H2,1H3,(H,31,34)(H,32,36). The molecule has 0 saturated carbocycles. The normalized spacial score (nSPS) is 12.2. The number of aromatic nitrogens is 1. The molecule has 4 aromatic carbocycles. The number of hydrogen-bond acceptors (Lipinski definition) is 6. The maximum Gasteiger partial charge on any atom is 0.337 e. The van der Waals surface area contributed by atoms with E-state index in [0.717, 1.165) is 21.8 Å². The molecule has 0 radical (unpaired) electrons. The van der Waals surface area contributed by atoms with Crippen molar-refractivity contribution in [2.75, 3.05) is 31.0 Å². The first-order valence-electron chi connectivity index (χ1n) is 12.3. The number of carbonyl (C=O) groups is 3. The van der Waals surface area contributed by atoms with Gasteiger partial charge in [-0.3, -0.25) is 9.36 Å². The van der Waals surface area contributed by atoms with Crippen LogP contribution in [0.1, 0.15) is 20.7 Å².